The number of nitrogens with two attached hydrogens (primary N) is 1. The third kappa shape index (κ3) is 4.08. The SMILES string of the molecule is CCC(C)c1ccc(Oc2ccc([C@H](C)N)c(Br)c2)cc1. The second-order valence-corrected chi connectivity index (χ2v) is 6.31. The highest BCUT2D eigenvalue weighted by Crippen LogP contribution is 2.30. The van der Waals surface area contributed by atoms with Crippen molar-refractivity contribution in [3.63, 3.8) is 0 Å². The van der Waals surface area contributed by atoms with Gasteiger partial charge in [0.25, 0.3) is 0 Å². The highest BCUT2D eigenvalue weighted by molar-refractivity contribution is 9.10. The molecule has 0 bridgehead atoms. The van der Waals surface area contributed by atoms with E-state index in [2.05, 4.69) is 41.9 Å². The molecule has 21 heavy (non-hydrogen) atoms. The smallest absolute Gasteiger partial charge is 0.128 e. The summed E-state index contributed by atoms with van der Waals surface area (Å²) in [6, 6.07) is 14.2. The second-order valence-electron chi connectivity index (χ2n) is 5.45. The number of hydrogen-bond donors (Lipinski definition) is 1. The molecular formula is C18H22BrNO. The fraction of sp³-hybridized carbons (Fsp3) is 0.333. The molecule has 2 N–H and O–H groups in total. The van der Waals surface area contributed by atoms with Crippen LogP contribution in [0.15, 0.2) is 46.9 Å². The van der Waals surface area contributed by atoms with Crippen LogP contribution in [0.3, 0.4) is 0 Å². The maximum Gasteiger partial charge on any atom is 0.128 e. The van der Waals surface area contributed by atoms with Crippen LogP contribution >= 0.6 is 15.9 Å². The van der Waals surface area contributed by atoms with Crippen molar-refractivity contribution in [3.05, 3.63) is 58.1 Å². The Balaban J connectivity index is 2.13. The third-order valence-corrected chi connectivity index (χ3v) is 4.45. The fourth-order valence-electron chi connectivity index (χ4n) is 2.18. The van der Waals surface area contributed by atoms with Crippen LogP contribution in [0, 0.1) is 0 Å². The molecule has 0 aliphatic carbocycles. The van der Waals surface area contributed by atoms with Crippen LogP contribution in [0.4, 0.5) is 0 Å². The molecule has 0 fully saturated rings. The van der Waals surface area contributed by atoms with Crippen molar-refractivity contribution in [2.24, 2.45) is 5.73 Å². The molecule has 0 aliphatic rings. The van der Waals surface area contributed by atoms with Gasteiger partial charge < -0.3 is 10.5 Å². The lowest BCUT2D eigenvalue weighted by atomic mass is 9.99. The number of ether oxygens (including phenoxy) is 1. The van der Waals surface area contributed by atoms with Gasteiger partial charge in [0.2, 0.25) is 0 Å². The molecule has 0 aliphatic heterocycles. The highest BCUT2D eigenvalue weighted by Gasteiger charge is 2.07. The Kier molecular flexibility index (Phi) is 5.43. The van der Waals surface area contributed by atoms with Crippen molar-refractivity contribution >= 4 is 15.9 Å². The van der Waals surface area contributed by atoms with Gasteiger partial charge in [-0.1, -0.05) is 48.0 Å². The Bertz CT molecular complexity index is 593. The molecule has 1 unspecified atom stereocenters. The second kappa shape index (κ2) is 7.10. The van der Waals surface area contributed by atoms with Gasteiger partial charge in [-0.15, -0.1) is 0 Å². The first-order chi connectivity index (χ1) is 10.0. The first-order valence-electron chi connectivity index (χ1n) is 7.34. The van der Waals surface area contributed by atoms with E-state index in [0.717, 1.165) is 28.0 Å². The van der Waals surface area contributed by atoms with Crippen LogP contribution in [0.5, 0.6) is 11.5 Å². The first kappa shape index (κ1) is 16.1. The minimum atomic E-state index is 0.00300. The van der Waals surface area contributed by atoms with Crippen LogP contribution in [0.2, 0.25) is 0 Å². The molecule has 0 aromatic heterocycles. The summed E-state index contributed by atoms with van der Waals surface area (Å²) in [4.78, 5) is 0. The monoisotopic (exact) mass is 347 g/mol. The molecule has 0 saturated carbocycles. The summed E-state index contributed by atoms with van der Waals surface area (Å²) in [6.07, 6.45) is 1.14. The van der Waals surface area contributed by atoms with Crippen molar-refractivity contribution in [2.75, 3.05) is 0 Å². The molecule has 2 aromatic rings. The number of rotatable bonds is 5. The van der Waals surface area contributed by atoms with Crippen LogP contribution in [0.1, 0.15) is 50.3 Å². The maximum atomic E-state index is 5.90. The molecule has 0 amide bonds. The largest absolute Gasteiger partial charge is 0.457 e. The lowest BCUT2D eigenvalue weighted by Gasteiger charge is -2.12. The summed E-state index contributed by atoms with van der Waals surface area (Å²) in [5, 5.41) is 0. The summed E-state index contributed by atoms with van der Waals surface area (Å²) in [5.74, 6) is 2.24. The summed E-state index contributed by atoms with van der Waals surface area (Å²) in [6.45, 7) is 6.40. The van der Waals surface area contributed by atoms with Gasteiger partial charge in [0.15, 0.2) is 0 Å². The average molecular weight is 348 g/mol. The Labute approximate surface area is 135 Å². The Morgan fingerprint density at radius 1 is 1.05 bits per heavy atom. The molecule has 2 aromatic carbocycles. The molecule has 0 radical (unpaired) electrons. The Morgan fingerprint density at radius 2 is 1.67 bits per heavy atom. The van der Waals surface area contributed by atoms with E-state index >= 15 is 0 Å². The van der Waals surface area contributed by atoms with Gasteiger partial charge in [0, 0.05) is 10.5 Å². The van der Waals surface area contributed by atoms with Gasteiger partial charge in [-0.25, -0.2) is 0 Å². The lowest BCUT2D eigenvalue weighted by molar-refractivity contribution is 0.481. The zero-order valence-electron chi connectivity index (χ0n) is 12.8. The summed E-state index contributed by atoms with van der Waals surface area (Å²) >= 11 is 3.54. The quantitative estimate of drug-likeness (QED) is 0.744. The highest BCUT2D eigenvalue weighted by atomic mass is 79.9. The van der Waals surface area contributed by atoms with Gasteiger partial charge in [0.05, 0.1) is 0 Å². The van der Waals surface area contributed by atoms with E-state index in [-0.39, 0.29) is 6.04 Å². The molecule has 2 atom stereocenters. The lowest BCUT2D eigenvalue weighted by Crippen LogP contribution is -2.05. The number of halogens is 1. The van der Waals surface area contributed by atoms with E-state index in [1.165, 1.54) is 5.56 Å². The zero-order chi connectivity index (χ0) is 15.4. The van der Waals surface area contributed by atoms with E-state index in [9.17, 15) is 0 Å². The van der Waals surface area contributed by atoms with Crippen LogP contribution < -0.4 is 10.5 Å². The van der Waals surface area contributed by atoms with Crippen molar-refractivity contribution in [2.45, 2.75) is 39.2 Å². The summed E-state index contributed by atoms with van der Waals surface area (Å²) in [7, 11) is 0. The minimum Gasteiger partial charge on any atom is -0.457 e. The molecule has 0 spiro atoms. The average Bonchev–Trinajstić information content (AvgIpc) is 2.47. The zero-order valence-corrected chi connectivity index (χ0v) is 14.4. The fourth-order valence-corrected chi connectivity index (χ4v) is 2.90. The molecule has 3 heteroatoms. The van der Waals surface area contributed by atoms with E-state index in [1.54, 1.807) is 0 Å². The minimum absolute atomic E-state index is 0.00300. The van der Waals surface area contributed by atoms with E-state index in [0.29, 0.717) is 5.92 Å². The predicted molar refractivity (Wildman–Crippen MR) is 92.0 cm³/mol. The molecule has 112 valence electrons. The van der Waals surface area contributed by atoms with Crippen molar-refractivity contribution < 1.29 is 4.74 Å². The molecule has 0 saturated heterocycles. The number of benzene rings is 2. The van der Waals surface area contributed by atoms with Gasteiger partial charge >= 0.3 is 0 Å². The van der Waals surface area contributed by atoms with Crippen LogP contribution in [-0.2, 0) is 0 Å². The standard InChI is InChI=1S/C18H22BrNO/c1-4-12(2)14-5-7-15(8-6-14)21-16-9-10-17(13(3)20)18(19)11-16/h5-13H,4,20H2,1-3H3/t12?,13-/m0/s1. The summed E-state index contributed by atoms with van der Waals surface area (Å²) < 4.78 is 6.87. The van der Waals surface area contributed by atoms with Crippen molar-refractivity contribution in [1.29, 1.82) is 0 Å². The maximum absolute atomic E-state index is 5.90. The first-order valence-corrected chi connectivity index (χ1v) is 8.13. The van der Waals surface area contributed by atoms with Crippen LogP contribution in [-0.4, -0.2) is 0 Å². The topological polar surface area (TPSA) is 35.2 Å². The Morgan fingerprint density at radius 3 is 2.19 bits per heavy atom. The van der Waals surface area contributed by atoms with E-state index in [4.69, 9.17) is 10.5 Å². The van der Waals surface area contributed by atoms with E-state index < -0.39 is 0 Å². The van der Waals surface area contributed by atoms with Crippen molar-refractivity contribution in [3.8, 4) is 11.5 Å². The molecule has 2 rings (SSSR count). The van der Waals surface area contributed by atoms with Gasteiger partial charge in [-0.2, -0.15) is 0 Å². The molecule has 2 nitrogen and oxygen atoms in total. The van der Waals surface area contributed by atoms with E-state index in [1.807, 2.05) is 37.3 Å². The molecule has 0 heterocycles. The normalized spacial score (nSPS) is 13.8. The van der Waals surface area contributed by atoms with Gasteiger partial charge in [-0.05, 0) is 54.7 Å². The molecular weight excluding hydrogens is 326 g/mol. The van der Waals surface area contributed by atoms with Gasteiger partial charge in [-0.3, -0.25) is 0 Å². The van der Waals surface area contributed by atoms with Crippen LogP contribution in [0.25, 0.3) is 0 Å². The number of hydrogen-bond acceptors (Lipinski definition) is 2. The van der Waals surface area contributed by atoms with Crippen molar-refractivity contribution in [1.82, 2.24) is 0 Å². The third-order valence-electron chi connectivity index (χ3n) is 3.76. The van der Waals surface area contributed by atoms with Gasteiger partial charge in [0.1, 0.15) is 11.5 Å². The predicted octanol–water partition coefficient (Wildman–Crippen LogP) is 5.77. The summed E-state index contributed by atoms with van der Waals surface area (Å²) in [5.41, 5.74) is 8.33. The Hall–Kier alpha value is -1.32.